The fraction of sp³-hybridized carbons (Fsp3) is 0.231. The molecule has 6 heteroatoms. The third kappa shape index (κ3) is 2.52. The van der Waals surface area contributed by atoms with E-state index in [4.69, 9.17) is 14.6 Å². The summed E-state index contributed by atoms with van der Waals surface area (Å²) in [6.45, 7) is 2.11. The number of aryl methyl sites for hydroxylation is 1. The highest BCUT2D eigenvalue weighted by Gasteiger charge is 2.60. The van der Waals surface area contributed by atoms with Gasteiger partial charge in [0.15, 0.2) is 0 Å². The topological polar surface area (TPSA) is 63.2 Å². The molecule has 160 valence electrons. The fourth-order valence-corrected chi connectivity index (χ4v) is 4.91. The second-order valence-electron chi connectivity index (χ2n) is 8.31. The second-order valence-corrected chi connectivity index (χ2v) is 8.31. The number of rotatable bonds is 3. The van der Waals surface area contributed by atoms with Gasteiger partial charge < -0.3 is 14.8 Å². The van der Waals surface area contributed by atoms with Gasteiger partial charge >= 0.3 is 5.72 Å². The Morgan fingerprint density at radius 3 is 2.75 bits per heavy atom. The fourth-order valence-electron chi connectivity index (χ4n) is 4.91. The van der Waals surface area contributed by atoms with E-state index in [-0.39, 0.29) is 11.9 Å². The van der Waals surface area contributed by atoms with Crippen LogP contribution < -0.4 is 14.8 Å². The van der Waals surface area contributed by atoms with Gasteiger partial charge in [-0.1, -0.05) is 31.2 Å². The number of hydrogen-bond acceptors (Lipinski definition) is 5. The number of methoxy groups -OCH3 is 1. The first-order valence-corrected chi connectivity index (χ1v) is 10.9. The molecule has 32 heavy (non-hydrogen) atoms. The molecule has 3 aromatic rings. The number of para-hydroxylation sites is 1. The third-order valence-electron chi connectivity index (χ3n) is 6.61. The predicted octanol–water partition coefficient (Wildman–Crippen LogP) is 4.61. The van der Waals surface area contributed by atoms with Gasteiger partial charge in [-0.25, -0.2) is 5.01 Å². The SMILES string of the molecule is CCc1ccc2c(c1)[C@@]1(Oc3ccccc3[C@H]3CC(c4ccc(OC)cc4)=NN31)C(=O)N2. The van der Waals surface area contributed by atoms with E-state index in [0.29, 0.717) is 6.42 Å². The van der Waals surface area contributed by atoms with Crippen molar-refractivity contribution in [1.82, 2.24) is 5.01 Å². The van der Waals surface area contributed by atoms with Crippen LogP contribution in [-0.2, 0) is 16.9 Å². The molecule has 6 rings (SSSR count). The van der Waals surface area contributed by atoms with E-state index in [9.17, 15) is 4.79 Å². The first-order chi connectivity index (χ1) is 15.6. The standard InChI is InChI=1S/C26H23N3O3/c1-3-16-8-13-21-20(14-16)26(25(30)27-21)29-23(19-6-4-5-7-24(19)32-26)15-22(28-29)17-9-11-18(31-2)12-10-17/h4-14,23H,3,15H2,1-2H3,(H,27,30)/t23-,26-/m1/s1. The van der Waals surface area contributed by atoms with Crippen molar-refractivity contribution in [2.75, 3.05) is 12.4 Å². The van der Waals surface area contributed by atoms with Crippen LogP contribution in [0.5, 0.6) is 11.5 Å². The quantitative estimate of drug-likeness (QED) is 0.666. The number of carbonyl (C=O) groups excluding carboxylic acids is 1. The van der Waals surface area contributed by atoms with Crippen molar-refractivity contribution in [1.29, 1.82) is 0 Å². The van der Waals surface area contributed by atoms with Gasteiger partial charge in [-0.3, -0.25) is 4.79 Å². The summed E-state index contributed by atoms with van der Waals surface area (Å²) in [5.74, 6) is 1.32. The average Bonchev–Trinajstić information content (AvgIpc) is 3.40. The van der Waals surface area contributed by atoms with Crippen molar-refractivity contribution < 1.29 is 14.3 Å². The van der Waals surface area contributed by atoms with Crippen LogP contribution >= 0.6 is 0 Å². The smallest absolute Gasteiger partial charge is 0.306 e. The zero-order chi connectivity index (χ0) is 21.9. The zero-order valence-electron chi connectivity index (χ0n) is 18.0. The minimum absolute atomic E-state index is 0.0981. The molecule has 6 nitrogen and oxygen atoms in total. The van der Waals surface area contributed by atoms with Gasteiger partial charge in [-0.15, -0.1) is 0 Å². The Morgan fingerprint density at radius 2 is 1.97 bits per heavy atom. The molecule has 3 aliphatic rings. The molecule has 3 aromatic carbocycles. The summed E-state index contributed by atoms with van der Waals surface area (Å²) >= 11 is 0. The number of hydrogen-bond donors (Lipinski definition) is 1. The zero-order valence-corrected chi connectivity index (χ0v) is 18.0. The molecule has 0 unspecified atom stereocenters. The van der Waals surface area contributed by atoms with Crippen molar-refractivity contribution in [3.8, 4) is 11.5 Å². The normalized spacial score (nSPS) is 22.6. The molecular weight excluding hydrogens is 402 g/mol. The molecule has 1 N–H and O–H groups in total. The van der Waals surface area contributed by atoms with Crippen LogP contribution in [0.4, 0.5) is 5.69 Å². The Kier molecular flexibility index (Phi) is 4.05. The van der Waals surface area contributed by atoms with Gasteiger partial charge in [0, 0.05) is 12.0 Å². The molecule has 1 spiro atoms. The predicted molar refractivity (Wildman–Crippen MR) is 122 cm³/mol. The van der Waals surface area contributed by atoms with Gasteiger partial charge in [0.25, 0.3) is 5.91 Å². The van der Waals surface area contributed by atoms with Crippen molar-refractivity contribution in [3.05, 3.63) is 89.0 Å². The van der Waals surface area contributed by atoms with Crippen LogP contribution in [0, 0.1) is 0 Å². The summed E-state index contributed by atoms with van der Waals surface area (Å²) in [7, 11) is 1.65. The maximum Gasteiger partial charge on any atom is 0.306 e. The first kappa shape index (κ1) is 18.9. The lowest BCUT2D eigenvalue weighted by atomic mass is 9.91. The van der Waals surface area contributed by atoms with E-state index in [1.807, 2.05) is 59.6 Å². The van der Waals surface area contributed by atoms with Crippen molar-refractivity contribution in [3.63, 3.8) is 0 Å². The van der Waals surface area contributed by atoms with E-state index in [1.54, 1.807) is 7.11 Å². The van der Waals surface area contributed by atoms with Crippen molar-refractivity contribution in [2.24, 2.45) is 5.10 Å². The Bertz CT molecular complexity index is 1270. The Balaban J connectivity index is 1.54. The molecule has 1 amide bonds. The van der Waals surface area contributed by atoms with Crippen LogP contribution in [0.3, 0.4) is 0 Å². The molecule has 0 aliphatic carbocycles. The van der Waals surface area contributed by atoms with Crippen LogP contribution in [0.15, 0.2) is 71.8 Å². The highest BCUT2D eigenvalue weighted by molar-refractivity contribution is 6.07. The van der Waals surface area contributed by atoms with Gasteiger partial charge in [0.2, 0.25) is 0 Å². The molecule has 0 radical (unpaired) electrons. The minimum atomic E-state index is -1.33. The number of ether oxygens (including phenoxy) is 2. The number of anilines is 1. The Morgan fingerprint density at radius 1 is 1.16 bits per heavy atom. The largest absolute Gasteiger partial charge is 0.497 e. The van der Waals surface area contributed by atoms with Gasteiger partial charge in [0.05, 0.1) is 30.1 Å². The lowest BCUT2D eigenvalue weighted by Crippen LogP contribution is -2.55. The molecular formula is C26H23N3O3. The summed E-state index contributed by atoms with van der Waals surface area (Å²) in [6.07, 6.45) is 1.56. The van der Waals surface area contributed by atoms with E-state index in [0.717, 1.165) is 51.6 Å². The van der Waals surface area contributed by atoms with E-state index < -0.39 is 5.72 Å². The van der Waals surface area contributed by atoms with Gasteiger partial charge in [0.1, 0.15) is 11.5 Å². The van der Waals surface area contributed by atoms with Crippen molar-refractivity contribution in [2.45, 2.75) is 31.5 Å². The van der Waals surface area contributed by atoms with Crippen LogP contribution in [0.25, 0.3) is 0 Å². The van der Waals surface area contributed by atoms with E-state index in [1.165, 1.54) is 0 Å². The van der Waals surface area contributed by atoms with E-state index in [2.05, 4.69) is 24.4 Å². The molecule has 0 saturated carbocycles. The van der Waals surface area contributed by atoms with Gasteiger partial charge in [-0.2, -0.15) is 5.10 Å². The number of carbonyl (C=O) groups is 1. The van der Waals surface area contributed by atoms with Crippen molar-refractivity contribution >= 4 is 17.3 Å². The van der Waals surface area contributed by atoms with Crippen LogP contribution in [0.1, 0.15) is 41.6 Å². The maximum absolute atomic E-state index is 13.5. The number of benzene rings is 3. The highest BCUT2D eigenvalue weighted by Crippen LogP contribution is 2.54. The number of nitrogens with zero attached hydrogens (tertiary/aromatic N) is 2. The number of hydrazone groups is 1. The first-order valence-electron chi connectivity index (χ1n) is 10.9. The molecule has 0 bridgehead atoms. The monoisotopic (exact) mass is 425 g/mol. The molecule has 2 atom stereocenters. The Labute approximate surface area is 186 Å². The molecule has 0 saturated heterocycles. The number of amides is 1. The van der Waals surface area contributed by atoms with E-state index >= 15 is 0 Å². The lowest BCUT2D eigenvalue weighted by molar-refractivity contribution is -0.161. The van der Waals surface area contributed by atoms with Crippen LogP contribution in [-0.4, -0.2) is 23.7 Å². The number of nitrogens with one attached hydrogen (secondary N) is 1. The molecule has 3 heterocycles. The summed E-state index contributed by atoms with van der Waals surface area (Å²) in [4.78, 5) is 13.5. The molecule has 0 fully saturated rings. The highest BCUT2D eigenvalue weighted by atomic mass is 16.5. The lowest BCUT2D eigenvalue weighted by Gasteiger charge is -2.44. The molecule has 0 aromatic heterocycles. The maximum atomic E-state index is 13.5. The number of fused-ring (bicyclic) bond motifs is 6. The Hall–Kier alpha value is -3.80. The van der Waals surface area contributed by atoms with Crippen LogP contribution in [0.2, 0.25) is 0 Å². The second kappa shape index (κ2) is 6.85. The summed E-state index contributed by atoms with van der Waals surface area (Å²) in [5.41, 5.74) is 4.39. The third-order valence-corrected chi connectivity index (χ3v) is 6.61. The van der Waals surface area contributed by atoms with Gasteiger partial charge in [-0.05, 0) is 60.0 Å². The summed E-state index contributed by atoms with van der Waals surface area (Å²) < 4.78 is 11.8. The summed E-state index contributed by atoms with van der Waals surface area (Å²) in [5, 5.41) is 9.90. The summed E-state index contributed by atoms with van der Waals surface area (Å²) in [6, 6.07) is 21.8. The minimum Gasteiger partial charge on any atom is -0.497 e. The molecule has 3 aliphatic heterocycles. The average molecular weight is 425 g/mol.